The van der Waals surface area contributed by atoms with E-state index in [0.717, 1.165) is 38.2 Å². The molecule has 6 nitrogen and oxygen atoms in total. The van der Waals surface area contributed by atoms with Crippen LogP contribution in [0.1, 0.15) is 82.1 Å². The fourth-order valence-electron chi connectivity index (χ4n) is 2.61. The molecule has 0 unspecified atom stereocenters. The highest BCUT2D eigenvalue weighted by Gasteiger charge is 2.24. The molecule has 6 heteroatoms. The van der Waals surface area contributed by atoms with Gasteiger partial charge in [0.15, 0.2) is 0 Å². The van der Waals surface area contributed by atoms with E-state index in [1.807, 2.05) is 0 Å². The maximum absolute atomic E-state index is 11.4. The predicted molar refractivity (Wildman–Crippen MR) is 84.4 cm³/mol. The van der Waals surface area contributed by atoms with Crippen LogP contribution in [0.2, 0.25) is 0 Å². The Labute approximate surface area is 134 Å². The van der Waals surface area contributed by atoms with E-state index < -0.39 is 23.5 Å². The zero-order valence-corrected chi connectivity index (χ0v) is 13.2. The minimum atomic E-state index is -1.41. The number of unbranched alkanes of at least 4 members (excludes halogenated alkanes) is 5. The lowest BCUT2D eigenvalue weighted by Crippen LogP contribution is -2.16. The molecule has 0 aliphatic heterocycles. The summed E-state index contributed by atoms with van der Waals surface area (Å²) in [5.41, 5.74) is -0.823. The summed E-state index contributed by atoms with van der Waals surface area (Å²) in [6, 6.07) is 2.21. The third-order valence-electron chi connectivity index (χ3n) is 3.77. The molecular weight excluding hydrogens is 300 g/mol. The van der Waals surface area contributed by atoms with Crippen LogP contribution in [0.3, 0.4) is 0 Å². The monoisotopic (exact) mass is 322 g/mol. The van der Waals surface area contributed by atoms with Crippen molar-refractivity contribution in [2.45, 2.75) is 51.9 Å². The molecule has 3 N–H and O–H groups in total. The fourth-order valence-corrected chi connectivity index (χ4v) is 2.61. The van der Waals surface area contributed by atoms with Crippen LogP contribution < -0.4 is 0 Å². The first-order valence-electron chi connectivity index (χ1n) is 7.75. The van der Waals surface area contributed by atoms with E-state index in [2.05, 4.69) is 6.92 Å². The second-order valence-corrected chi connectivity index (χ2v) is 5.45. The van der Waals surface area contributed by atoms with Gasteiger partial charge < -0.3 is 15.3 Å². The predicted octanol–water partition coefficient (Wildman–Crippen LogP) is 3.68. The molecule has 0 heterocycles. The number of benzene rings is 1. The molecule has 0 saturated heterocycles. The van der Waals surface area contributed by atoms with E-state index in [-0.39, 0.29) is 23.1 Å². The van der Waals surface area contributed by atoms with Crippen molar-refractivity contribution in [3.05, 3.63) is 34.4 Å². The third-order valence-corrected chi connectivity index (χ3v) is 3.77. The molecule has 0 amide bonds. The van der Waals surface area contributed by atoms with Crippen LogP contribution in [0.15, 0.2) is 12.1 Å². The summed E-state index contributed by atoms with van der Waals surface area (Å²) in [6.07, 6.45) is 6.07. The molecule has 0 aliphatic carbocycles. The van der Waals surface area contributed by atoms with Crippen molar-refractivity contribution in [1.82, 2.24) is 0 Å². The Morgan fingerprint density at radius 2 is 1.30 bits per heavy atom. The Balaban J connectivity index is 3.05. The highest BCUT2D eigenvalue weighted by molar-refractivity contribution is 6.05. The quantitative estimate of drug-likeness (QED) is 0.566. The molecule has 0 spiro atoms. The lowest BCUT2D eigenvalue weighted by molar-refractivity contribution is 0.0647. The van der Waals surface area contributed by atoms with Gasteiger partial charge in [-0.05, 0) is 30.5 Å². The summed E-state index contributed by atoms with van der Waals surface area (Å²) in [7, 11) is 0. The largest absolute Gasteiger partial charge is 0.478 e. The highest BCUT2D eigenvalue weighted by atomic mass is 16.4. The first-order chi connectivity index (χ1) is 10.9. The summed E-state index contributed by atoms with van der Waals surface area (Å²) >= 11 is 0. The van der Waals surface area contributed by atoms with Crippen LogP contribution in [-0.2, 0) is 6.42 Å². The SMILES string of the molecule is CCCCCCCCc1c(C(=O)O)ccc(C(=O)O)c1C(=O)O. The maximum atomic E-state index is 11.4. The molecule has 0 radical (unpaired) electrons. The number of rotatable bonds is 10. The van der Waals surface area contributed by atoms with Gasteiger partial charge >= 0.3 is 17.9 Å². The average Bonchev–Trinajstić information content (AvgIpc) is 2.49. The molecule has 0 bridgehead atoms. The zero-order valence-electron chi connectivity index (χ0n) is 13.2. The molecule has 126 valence electrons. The number of aromatic carboxylic acids is 3. The standard InChI is InChI=1S/C17H22O6/c1-2-3-4-5-6-7-8-11-12(15(18)19)9-10-13(16(20)21)14(11)17(22)23/h9-10H,2-8H2,1H3,(H,18,19)(H,20,21)(H,22,23). The Morgan fingerprint density at radius 3 is 1.83 bits per heavy atom. The van der Waals surface area contributed by atoms with Gasteiger partial charge in [0, 0.05) is 0 Å². The van der Waals surface area contributed by atoms with Crippen molar-refractivity contribution in [1.29, 1.82) is 0 Å². The topological polar surface area (TPSA) is 112 Å². The van der Waals surface area contributed by atoms with Gasteiger partial charge in [0.1, 0.15) is 0 Å². The number of carbonyl (C=O) groups is 3. The number of carboxylic acid groups (broad SMARTS) is 3. The van der Waals surface area contributed by atoms with Crippen molar-refractivity contribution in [3.8, 4) is 0 Å². The summed E-state index contributed by atoms with van der Waals surface area (Å²) in [5, 5.41) is 27.7. The van der Waals surface area contributed by atoms with Gasteiger partial charge in [0.25, 0.3) is 0 Å². The molecule has 0 aliphatic rings. The summed E-state index contributed by atoms with van der Waals surface area (Å²) in [5.74, 6) is -4.03. The molecule has 1 rings (SSSR count). The summed E-state index contributed by atoms with van der Waals surface area (Å²) in [4.78, 5) is 33.9. The van der Waals surface area contributed by atoms with Gasteiger partial charge in [-0.1, -0.05) is 39.0 Å². The lowest BCUT2D eigenvalue weighted by Gasteiger charge is -2.12. The molecule has 0 aromatic heterocycles. The van der Waals surface area contributed by atoms with E-state index in [0.29, 0.717) is 6.42 Å². The van der Waals surface area contributed by atoms with Gasteiger partial charge in [0.2, 0.25) is 0 Å². The Kier molecular flexibility index (Phi) is 7.25. The van der Waals surface area contributed by atoms with Crippen LogP contribution in [0, 0.1) is 0 Å². The van der Waals surface area contributed by atoms with Crippen LogP contribution in [0.4, 0.5) is 0 Å². The van der Waals surface area contributed by atoms with Gasteiger partial charge in [-0.3, -0.25) is 0 Å². The summed E-state index contributed by atoms with van der Waals surface area (Å²) < 4.78 is 0. The van der Waals surface area contributed by atoms with Crippen molar-refractivity contribution in [3.63, 3.8) is 0 Å². The first kappa shape index (κ1) is 18.7. The third kappa shape index (κ3) is 5.09. The number of hydrogen-bond acceptors (Lipinski definition) is 3. The fraction of sp³-hybridized carbons (Fsp3) is 0.471. The molecule has 0 atom stereocenters. The summed E-state index contributed by atoms with van der Waals surface area (Å²) in [6.45, 7) is 2.11. The van der Waals surface area contributed by atoms with Crippen LogP contribution in [0.5, 0.6) is 0 Å². The number of carboxylic acids is 3. The van der Waals surface area contributed by atoms with Gasteiger partial charge in [-0.25, -0.2) is 14.4 Å². The zero-order chi connectivity index (χ0) is 17.4. The van der Waals surface area contributed by atoms with Crippen molar-refractivity contribution in [2.24, 2.45) is 0 Å². The van der Waals surface area contributed by atoms with Crippen LogP contribution >= 0.6 is 0 Å². The molecular formula is C17H22O6. The Hall–Kier alpha value is -2.37. The highest BCUT2D eigenvalue weighted by Crippen LogP contribution is 2.23. The Morgan fingerprint density at radius 1 is 0.783 bits per heavy atom. The lowest BCUT2D eigenvalue weighted by atomic mass is 9.91. The molecule has 1 aromatic rings. The van der Waals surface area contributed by atoms with Crippen molar-refractivity contribution < 1.29 is 29.7 Å². The normalized spacial score (nSPS) is 10.5. The average molecular weight is 322 g/mol. The molecule has 1 aromatic carbocycles. The Bertz CT molecular complexity index is 591. The second kappa shape index (κ2) is 8.92. The van der Waals surface area contributed by atoms with Crippen molar-refractivity contribution >= 4 is 17.9 Å². The van der Waals surface area contributed by atoms with Gasteiger partial charge in [0.05, 0.1) is 16.7 Å². The first-order valence-corrected chi connectivity index (χ1v) is 7.75. The van der Waals surface area contributed by atoms with Crippen LogP contribution in [-0.4, -0.2) is 33.2 Å². The van der Waals surface area contributed by atoms with E-state index in [1.165, 1.54) is 6.07 Å². The van der Waals surface area contributed by atoms with Crippen LogP contribution in [0.25, 0.3) is 0 Å². The molecule has 0 fully saturated rings. The minimum absolute atomic E-state index is 0.0976. The minimum Gasteiger partial charge on any atom is -0.478 e. The van der Waals surface area contributed by atoms with E-state index in [1.54, 1.807) is 0 Å². The second-order valence-electron chi connectivity index (χ2n) is 5.45. The van der Waals surface area contributed by atoms with E-state index in [9.17, 15) is 24.6 Å². The van der Waals surface area contributed by atoms with Crippen molar-refractivity contribution in [2.75, 3.05) is 0 Å². The van der Waals surface area contributed by atoms with Gasteiger partial charge in [-0.2, -0.15) is 0 Å². The van der Waals surface area contributed by atoms with Gasteiger partial charge in [-0.15, -0.1) is 0 Å². The number of hydrogen-bond donors (Lipinski definition) is 3. The molecule has 0 saturated carbocycles. The molecule has 23 heavy (non-hydrogen) atoms. The van der Waals surface area contributed by atoms with E-state index >= 15 is 0 Å². The maximum Gasteiger partial charge on any atom is 0.336 e. The van der Waals surface area contributed by atoms with E-state index in [4.69, 9.17) is 5.11 Å². The smallest absolute Gasteiger partial charge is 0.336 e.